The van der Waals surface area contributed by atoms with Crippen LogP contribution in [0.25, 0.3) is 33.7 Å². The third-order valence-electron chi connectivity index (χ3n) is 10.4. The molecule has 3 aliphatic rings. The third-order valence-corrected chi connectivity index (χ3v) is 10.9. The number of likely N-dealkylation sites (N-methyl/N-ethyl adjacent to an activating group) is 1. The second-order valence-corrected chi connectivity index (χ2v) is 14.5. The van der Waals surface area contributed by atoms with E-state index >= 15 is 0 Å². The molecule has 0 bridgehead atoms. The summed E-state index contributed by atoms with van der Waals surface area (Å²) in [6.45, 7) is 9.45. The molecule has 11 nitrogen and oxygen atoms in total. The molecule has 8 rings (SSSR count). The second kappa shape index (κ2) is 12.1. The highest BCUT2D eigenvalue weighted by Gasteiger charge is 2.52. The molecule has 0 aliphatic carbocycles. The first-order chi connectivity index (χ1) is 24.0. The Labute approximate surface area is 295 Å². The lowest BCUT2D eigenvalue weighted by Gasteiger charge is -2.60. The molecular formula is C38H37ClN8O3. The molecule has 1 N–H and O–H groups in total. The van der Waals surface area contributed by atoms with Gasteiger partial charge in [0.15, 0.2) is 11.4 Å². The molecule has 5 heterocycles. The predicted octanol–water partition coefficient (Wildman–Crippen LogP) is 5.63. The molecule has 50 heavy (non-hydrogen) atoms. The molecule has 2 saturated heterocycles. The van der Waals surface area contributed by atoms with Crippen molar-refractivity contribution >= 4 is 40.2 Å². The highest BCUT2D eigenvalue weighted by Crippen LogP contribution is 2.42. The lowest BCUT2D eigenvalue weighted by Crippen LogP contribution is -2.72. The van der Waals surface area contributed by atoms with E-state index in [0.29, 0.717) is 52.2 Å². The van der Waals surface area contributed by atoms with E-state index < -0.39 is 0 Å². The maximum absolute atomic E-state index is 13.4. The zero-order chi connectivity index (χ0) is 34.9. The minimum absolute atomic E-state index is 0.133. The average molecular weight is 689 g/mol. The van der Waals surface area contributed by atoms with Crippen molar-refractivity contribution in [2.24, 2.45) is 12.5 Å². The van der Waals surface area contributed by atoms with Crippen molar-refractivity contribution in [3.05, 3.63) is 87.5 Å². The van der Waals surface area contributed by atoms with Crippen molar-refractivity contribution in [1.82, 2.24) is 29.2 Å². The Morgan fingerprint density at radius 1 is 1.04 bits per heavy atom. The van der Waals surface area contributed by atoms with Crippen LogP contribution in [0.4, 0.5) is 5.69 Å². The summed E-state index contributed by atoms with van der Waals surface area (Å²) in [6, 6.07) is 17.6. The first kappa shape index (κ1) is 32.2. The van der Waals surface area contributed by atoms with Crippen LogP contribution in [0, 0.1) is 23.7 Å². The number of benzene rings is 3. The van der Waals surface area contributed by atoms with E-state index in [1.165, 1.54) is 0 Å². The molecule has 1 spiro atoms. The summed E-state index contributed by atoms with van der Waals surface area (Å²) in [5.74, 6) is 0.590. The summed E-state index contributed by atoms with van der Waals surface area (Å²) in [5.41, 5.74) is 8.55. The van der Waals surface area contributed by atoms with Gasteiger partial charge in [-0.15, -0.1) is 0 Å². The Hall–Kier alpha value is -5.02. The van der Waals surface area contributed by atoms with E-state index in [1.54, 1.807) is 13.0 Å². The van der Waals surface area contributed by atoms with Gasteiger partial charge in [0.2, 0.25) is 11.8 Å². The predicted molar refractivity (Wildman–Crippen MR) is 191 cm³/mol. The van der Waals surface area contributed by atoms with Crippen molar-refractivity contribution in [3.8, 4) is 28.7 Å². The largest absolute Gasteiger partial charge is 0.435 e. The number of carbonyl (C=O) groups is 2. The number of amides is 2. The van der Waals surface area contributed by atoms with Gasteiger partial charge in [0, 0.05) is 88.4 Å². The number of carbonyl (C=O) groups excluding carboxylic acids is 2. The smallest absolute Gasteiger partial charge is 0.291 e. The molecule has 254 valence electrons. The van der Waals surface area contributed by atoms with E-state index in [2.05, 4.69) is 33.2 Å². The van der Waals surface area contributed by atoms with Crippen molar-refractivity contribution < 1.29 is 14.0 Å². The molecule has 0 atom stereocenters. The van der Waals surface area contributed by atoms with Crippen molar-refractivity contribution in [3.63, 3.8) is 0 Å². The van der Waals surface area contributed by atoms with Crippen LogP contribution in [-0.4, -0.2) is 80.8 Å². The van der Waals surface area contributed by atoms with Gasteiger partial charge < -0.3 is 24.1 Å². The lowest BCUT2D eigenvalue weighted by atomic mass is 9.72. The van der Waals surface area contributed by atoms with E-state index in [0.717, 1.165) is 78.3 Å². The van der Waals surface area contributed by atoms with Crippen LogP contribution in [0.3, 0.4) is 0 Å². The summed E-state index contributed by atoms with van der Waals surface area (Å²) < 4.78 is 8.14. The van der Waals surface area contributed by atoms with Crippen LogP contribution in [0.15, 0.2) is 52.9 Å². The van der Waals surface area contributed by atoms with Crippen molar-refractivity contribution in [1.29, 1.82) is 5.26 Å². The van der Waals surface area contributed by atoms with Crippen LogP contribution in [0.1, 0.15) is 45.6 Å². The molecule has 3 aromatic carbocycles. The zero-order valence-electron chi connectivity index (χ0n) is 28.5. The Morgan fingerprint density at radius 3 is 2.54 bits per heavy atom. The van der Waals surface area contributed by atoms with Gasteiger partial charge in [-0.25, -0.2) is 9.97 Å². The normalized spacial score (nSPS) is 16.9. The number of oxazole rings is 1. The number of hydrogen-bond donors (Lipinski definition) is 1. The summed E-state index contributed by atoms with van der Waals surface area (Å²) >= 11 is 6.99. The van der Waals surface area contributed by atoms with Gasteiger partial charge in [0.25, 0.3) is 5.91 Å². The number of nitriles is 1. The number of nitrogens with one attached hydrogen (secondary N) is 1. The average Bonchev–Trinajstić information content (AvgIpc) is 3.62. The molecule has 2 amide bonds. The number of anilines is 1. The summed E-state index contributed by atoms with van der Waals surface area (Å²) in [7, 11) is 3.93. The summed E-state index contributed by atoms with van der Waals surface area (Å²) in [6.07, 6.45) is 0.843. The SMILES string of the molecule is CC(=O)N1CC2(CN(Cc3cc(C#N)c4oc(-c5cccc(-c6cccc(NC(=O)c7nc8c(n7C)CCN(C)C8)c6Cl)c5C)nc4c3)C2)C1. The van der Waals surface area contributed by atoms with Crippen molar-refractivity contribution in [2.45, 2.75) is 33.4 Å². The number of likely N-dealkylation sites (tertiary alicyclic amines) is 2. The molecule has 5 aromatic rings. The van der Waals surface area contributed by atoms with Crippen molar-refractivity contribution in [2.75, 3.05) is 45.1 Å². The van der Waals surface area contributed by atoms with E-state index in [-0.39, 0.29) is 17.2 Å². The fraction of sp³-hybridized carbons (Fsp3) is 0.342. The Bertz CT molecular complexity index is 2250. The fourth-order valence-corrected chi connectivity index (χ4v) is 8.15. The van der Waals surface area contributed by atoms with Gasteiger partial charge in [0.05, 0.1) is 22.0 Å². The highest BCUT2D eigenvalue weighted by atomic mass is 35.5. The standard InChI is InChI=1S/C38H37ClN8O3/c1-22-26(28-9-6-10-29(33(28)39)42-36(49)35-41-31-17-44(3)12-11-32(31)45(35)4)7-5-8-27(22)37-43-30-14-24(13-25(15-40)34(30)50-37)16-46-18-38(19-46)20-47(21-38)23(2)48/h5-10,13-14H,11-12,16-21H2,1-4H3,(H,42,49). The fourth-order valence-electron chi connectivity index (χ4n) is 7.87. The molecule has 12 heteroatoms. The van der Waals surface area contributed by atoms with Crippen LogP contribution >= 0.6 is 11.6 Å². The lowest BCUT2D eigenvalue weighted by molar-refractivity contribution is -0.157. The molecule has 2 aromatic heterocycles. The van der Waals surface area contributed by atoms with Gasteiger partial charge >= 0.3 is 0 Å². The Morgan fingerprint density at radius 2 is 1.78 bits per heavy atom. The maximum atomic E-state index is 13.4. The molecule has 0 unspecified atom stereocenters. The molecule has 0 saturated carbocycles. The first-order valence-electron chi connectivity index (χ1n) is 16.8. The van der Waals surface area contributed by atoms with E-state index in [4.69, 9.17) is 21.0 Å². The number of aromatic nitrogens is 3. The number of imidazole rings is 1. The van der Waals surface area contributed by atoms with Gasteiger partial charge in [-0.05, 0) is 54.9 Å². The number of nitrogens with zero attached hydrogens (tertiary/aromatic N) is 7. The Kier molecular flexibility index (Phi) is 7.79. The minimum atomic E-state index is -0.315. The van der Waals surface area contributed by atoms with Gasteiger partial charge in [-0.2, -0.15) is 5.26 Å². The molecule has 0 radical (unpaired) electrons. The van der Waals surface area contributed by atoms with Gasteiger partial charge in [0.1, 0.15) is 11.6 Å². The van der Waals surface area contributed by atoms with Gasteiger partial charge in [-0.3, -0.25) is 14.5 Å². The second-order valence-electron chi connectivity index (χ2n) is 14.1. The zero-order valence-corrected chi connectivity index (χ0v) is 29.3. The highest BCUT2D eigenvalue weighted by molar-refractivity contribution is 6.36. The quantitative estimate of drug-likeness (QED) is 0.244. The van der Waals surface area contributed by atoms with E-state index in [9.17, 15) is 14.9 Å². The monoisotopic (exact) mass is 688 g/mol. The topological polar surface area (TPSA) is 124 Å². The number of hydrogen-bond acceptors (Lipinski definition) is 8. The maximum Gasteiger partial charge on any atom is 0.291 e. The van der Waals surface area contributed by atoms with E-state index in [1.807, 2.05) is 65.9 Å². The summed E-state index contributed by atoms with van der Waals surface area (Å²) in [5, 5.41) is 13.4. The first-order valence-corrected chi connectivity index (χ1v) is 17.1. The molecule has 3 aliphatic heterocycles. The summed E-state index contributed by atoms with van der Waals surface area (Å²) in [4.78, 5) is 41.0. The number of rotatable bonds is 6. The van der Waals surface area contributed by atoms with Gasteiger partial charge in [-0.1, -0.05) is 35.9 Å². The molecular weight excluding hydrogens is 652 g/mol. The van der Waals surface area contributed by atoms with Crippen LogP contribution in [-0.2, 0) is 31.4 Å². The minimum Gasteiger partial charge on any atom is -0.435 e. The van der Waals surface area contributed by atoms with Crippen LogP contribution in [0.5, 0.6) is 0 Å². The Balaban J connectivity index is 1.04. The molecule has 2 fully saturated rings. The number of fused-ring (bicyclic) bond motifs is 2. The third kappa shape index (κ3) is 5.44. The van der Waals surface area contributed by atoms with Crippen LogP contribution < -0.4 is 5.32 Å². The number of halogens is 1. The van der Waals surface area contributed by atoms with Crippen LogP contribution in [0.2, 0.25) is 5.02 Å².